The van der Waals surface area contributed by atoms with Crippen LogP contribution in [0.1, 0.15) is 56.8 Å². The minimum absolute atomic E-state index is 0.342. The number of nitrogens with one attached hydrogen (secondary N) is 1. The van der Waals surface area contributed by atoms with E-state index >= 15 is 0 Å². The Bertz CT molecular complexity index is 514. The number of benzene rings is 1. The molecular weight excluding hydrogens is 282 g/mol. The molecule has 21 heavy (non-hydrogen) atoms. The summed E-state index contributed by atoms with van der Waals surface area (Å²) < 4.78 is 0. The Kier molecular flexibility index (Phi) is 5.20. The molecule has 3 nitrogen and oxygen atoms in total. The average Bonchev–Trinajstić information content (AvgIpc) is 2.37. The molecule has 0 radical (unpaired) electrons. The van der Waals surface area contributed by atoms with Crippen molar-refractivity contribution < 1.29 is 9.90 Å². The minimum Gasteiger partial charge on any atom is -0.478 e. The maximum atomic E-state index is 11.6. The van der Waals surface area contributed by atoms with Crippen LogP contribution in [0.3, 0.4) is 0 Å². The predicted octanol–water partition coefficient (Wildman–Crippen LogP) is 4.88. The number of hydrogen-bond acceptors (Lipinski definition) is 3. The van der Waals surface area contributed by atoms with Crippen LogP contribution in [-0.2, 0) is 0 Å². The molecule has 0 saturated heterocycles. The number of hydrogen-bond donors (Lipinski definition) is 2. The van der Waals surface area contributed by atoms with Crippen LogP contribution in [0.15, 0.2) is 23.1 Å². The first-order valence-electron chi connectivity index (χ1n) is 7.68. The van der Waals surface area contributed by atoms with Gasteiger partial charge in [0.05, 0.1) is 11.3 Å². The summed E-state index contributed by atoms with van der Waals surface area (Å²) in [5, 5.41) is 13.0. The van der Waals surface area contributed by atoms with Gasteiger partial charge in [-0.2, -0.15) is 0 Å². The van der Waals surface area contributed by atoms with E-state index in [1.54, 1.807) is 11.8 Å². The van der Waals surface area contributed by atoms with Gasteiger partial charge in [0.2, 0.25) is 0 Å². The molecule has 1 atom stereocenters. The van der Waals surface area contributed by atoms with Crippen LogP contribution >= 0.6 is 11.8 Å². The second-order valence-corrected chi connectivity index (χ2v) is 7.82. The summed E-state index contributed by atoms with van der Waals surface area (Å²) in [5.74, 6) is 0.0318. The zero-order valence-corrected chi connectivity index (χ0v) is 13.9. The summed E-state index contributed by atoms with van der Waals surface area (Å²) in [4.78, 5) is 12.5. The van der Waals surface area contributed by atoms with E-state index in [9.17, 15) is 9.90 Å². The van der Waals surface area contributed by atoms with Crippen LogP contribution in [0.4, 0.5) is 5.69 Å². The Morgan fingerprint density at radius 3 is 2.86 bits per heavy atom. The monoisotopic (exact) mass is 307 g/mol. The molecular formula is C17H25NO2S. The third-order valence-electron chi connectivity index (χ3n) is 4.10. The average molecular weight is 307 g/mol. The van der Waals surface area contributed by atoms with Gasteiger partial charge in [-0.05, 0) is 42.6 Å². The number of rotatable bonds is 5. The quantitative estimate of drug-likeness (QED) is 0.761. The summed E-state index contributed by atoms with van der Waals surface area (Å²) in [6.07, 6.45) is 4.67. The molecule has 0 aliphatic heterocycles. The highest BCUT2D eigenvalue weighted by Crippen LogP contribution is 2.37. The minimum atomic E-state index is -0.843. The van der Waals surface area contributed by atoms with Crippen molar-refractivity contribution in [1.82, 2.24) is 0 Å². The molecule has 2 N–H and O–H groups in total. The lowest BCUT2D eigenvalue weighted by atomic mass is 9.75. The number of anilines is 1. The van der Waals surface area contributed by atoms with Gasteiger partial charge in [0, 0.05) is 10.9 Å². The van der Waals surface area contributed by atoms with Crippen molar-refractivity contribution in [1.29, 1.82) is 0 Å². The van der Waals surface area contributed by atoms with Gasteiger partial charge in [-0.1, -0.05) is 33.3 Å². The Morgan fingerprint density at radius 2 is 2.24 bits per heavy atom. The molecule has 1 aliphatic carbocycles. The van der Waals surface area contributed by atoms with Crippen molar-refractivity contribution in [2.24, 2.45) is 5.41 Å². The van der Waals surface area contributed by atoms with Gasteiger partial charge >= 0.3 is 5.97 Å². The molecule has 1 fully saturated rings. The number of carboxylic acids is 1. The molecule has 1 aromatic rings. The van der Waals surface area contributed by atoms with Gasteiger partial charge < -0.3 is 10.4 Å². The lowest BCUT2D eigenvalue weighted by molar-refractivity contribution is 0.0694. The lowest BCUT2D eigenvalue weighted by Crippen LogP contribution is -2.32. The number of carbonyl (C=O) groups is 1. The highest BCUT2D eigenvalue weighted by molar-refractivity contribution is 7.99. The summed E-state index contributed by atoms with van der Waals surface area (Å²) in [7, 11) is 0. The van der Waals surface area contributed by atoms with Crippen molar-refractivity contribution in [3.8, 4) is 0 Å². The van der Waals surface area contributed by atoms with Crippen molar-refractivity contribution in [3.05, 3.63) is 23.8 Å². The fourth-order valence-electron chi connectivity index (χ4n) is 3.19. The molecule has 1 saturated carbocycles. The van der Waals surface area contributed by atoms with E-state index in [0.717, 1.165) is 29.2 Å². The van der Waals surface area contributed by atoms with E-state index in [4.69, 9.17) is 0 Å². The maximum Gasteiger partial charge on any atom is 0.338 e. The Morgan fingerprint density at radius 1 is 1.48 bits per heavy atom. The lowest BCUT2D eigenvalue weighted by Gasteiger charge is -2.36. The normalized spacial score (nSPS) is 21.0. The van der Waals surface area contributed by atoms with Crippen LogP contribution in [0, 0.1) is 5.41 Å². The van der Waals surface area contributed by atoms with Gasteiger partial charge in [-0.15, -0.1) is 11.8 Å². The zero-order valence-electron chi connectivity index (χ0n) is 13.1. The topological polar surface area (TPSA) is 49.3 Å². The van der Waals surface area contributed by atoms with Gasteiger partial charge in [-0.25, -0.2) is 4.79 Å². The van der Waals surface area contributed by atoms with Gasteiger partial charge in [0.1, 0.15) is 0 Å². The summed E-state index contributed by atoms with van der Waals surface area (Å²) in [6, 6.07) is 6.10. The molecule has 1 unspecified atom stereocenters. The highest BCUT2D eigenvalue weighted by atomic mass is 32.2. The van der Waals surface area contributed by atoms with Gasteiger partial charge in [-0.3, -0.25) is 0 Å². The summed E-state index contributed by atoms with van der Waals surface area (Å²) >= 11 is 1.59. The van der Waals surface area contributed by atoms with Crippen LogP contribution in [0.2, 0.25) is 0 Å². The van der Waals surface area contributed by atoms with E-state index in [0.29, 0.717) is 17.0 Å². The molecule has 0 amide bonds. The molecule has 0 bridgehead atoms. The van der Waals surface area contributed by atoms with Crippen molar-refractivity contribution in [3.63, 3.8) is 0 Å². The van der Waals surface area contributed by atoms with Crippen LogP contribution < -0.4 is 5.32 Å². The molecule has 1 aliphatic rings. The fourth-order valence-corrected chi connectivity index (χ4v) is 4.02. The van der Waals surface area contributed by atoms with Crippen molar-refractivity contribution >= 4 is 23.4 Å². The first-order valence-corrected chi connectivity index (χ1v) is 8.67. The SMILES string of the molecule is CCSc1cccc(NC2CCCC(C)(C)C2)c1C(=O)O. The Labute approximate surface area is 131 Å². The maximum absolute atomic E-state index is 11.6. The third kappa shape index (κ3) is 4.16. The van der Waals surface area contributed by atoms with Crippen molar-refractivity contribution in [2.75, 3.05) is 11.1 Å². The Hall–Kier alpha value is -1.16. The van der Waals surface area contributed by atoms with Crippen LogP contribution in [0.25, 0.3) is 0 Å². The predicted molar refractivity (Wildman–Crippen MR) is 89.5 cm³/mol. The van der Waals surface area contributed by atoms with Crippen molar-refractivity contribution in [2.45, 2.75) is 57.4 Å². The van der Waals surface area contributed by atoms with Crippen LogP contribution in [-0.4, -0.2) is 22.9 Å². The first kappa shape index (κ1) is 16.2. The van der Waals surface area contributed by atoms with Gasteiger partial charge in [0.25, 0.3) is 0 Å². The number of carboxylic acid groups (broad SMARTS) is 1. The second-order valence-electron chi connectivity index (χ2n) is 6.52. The van der Waals surface area contributed by atoms with E-state index in [1.807, 2.05) is 25.1 Å². The molecule has 1 aromatic carbocycles. The second kappa shape index (κ2) is 6.73. The number of aromatic carboxylic acids is 1. The van der Waals surface area contributed by atoms with E-state index in [-0.39, 0.29) is 0 Å². The molecule has 0 spiro atoms. The van der Waals surface area contributed by atoms with Crippen LogP contribution in [0.5, 0.6) is 0 Å². The zero-order chi connectivity index (χ0) is 15.5. The highest BCUT2D eigenvalue weighted by Gasteiger charge is 2.28. The molecule has 0 heterocycles. The molecule has 4 heteroatoms. The fraction of sp³-hybridized carbons (Fsp3) is 0.588. The summed E-state index contributed by atoms with van der Waals surface area (Å²) in [5.41, 5.74) is 1.53. The number of thioether (sulfide) groups is 1. The smallest absolute Gasteiger partial charge is 0.338 e. The molecule has 0 aromatic heterocycles. The van der Waals surface area contributed by atoms with E-state index < -0.39 is 5.97 Å². The standard InChI is InChI=1S/C17H25NO2S/c1-4-21-14-9-5-8-13(15(14)16(19)20)18-12-7-6-10-17(2,3)11-12/h5,8-9,12,18H,4,6-7,10-11H2,1-3H3,(H,19,20). The summed E-state index contributed by atoms with van der Waals surface area (Å²) in [6.45, 7) is 6.63. The Balaban J connectivity index is 2.23. The molecule has 2 rings (SSSR count). The first-order chi connectivity index (χ1) is 9.93. The molecule has 116 valence electrons. The van der Waals surface area contributed by atoms with E-state index in [2.05, 4.69) is 19.2 Å². The van der Waals surface area contributed by atoms with Gasteiger partial charge in [0.15, 0.2) is 0 Å². The third-order valence-corrected chi connectivity index (χ3v) is 5.04. The largest absolute Gasteiger partial charge is 0.478 e. The van der Waals surface area contributed by atoms with E-state index in [1.165, 1.54) is 12.8 Å².